The number of rotatable bonds is 3. The summed E-state index contributed by atoms with van der Waals surface area (Å²) in [7, 11) is 0. The second kappa shape index (κ2) is 10.2. The normalized spacial score (nSPS) is 19.9. The molecule has 2 saturated heterocycles. The summed E-state index contributed by atoms with van der Waals surface area (Å²) in [6.45, 7) is 1.14. The van der Waals surface area contributed by atoms with Crippen LogP contribution in [-0.4, -0.2) is 87.4 Å². The maximum atomic E-state index is 12.8. The molecular formula is C22H18F3N3O8. The molecule has 3 aliphatic heterocycles. The highest BCUT2D eigenvalue weighted by molar-refractivity contribution is 6.23. The molecule has 0 saturated carbocycles. The van der Waals surface area contributed by atoms with Gasteiger partial charge >= 0.3 is 18.1 Å². The molecule has 0 bridgehead atoms. The number of hydrogen-bond donors (Lipinski definition) is 3. The standard InChI is InChI=1S/C20H17N3O6.C2HF3O2/c24-16-6-5-15(18(27)21-16)23-19(28)13-4-3-11(7-14(13)20(23)29)1-2-12-8-22(9-12)10-17(25)26;3-2(4,5)1(6)7/h3-4,7,12,15H,5-6,8-10H2,(H,25,26)(H,21,24,27);(H,6,7). The Hall–Kier alpha value is -4.25. The molecule has 0 spiro atoms. The molecule has 4 amide bonds. The van der Waals surface area contributed by atoms with Crippen LogP contribution in [0.15, 0.2) is 18.2 Å². The Balaban J connectivity index is 0.000000454. The van der Waals surface area contributed by atoms with E-state index in [1.54, 1.807) is 11.0 Å². The van der Waals surface area contributed by atoms with Crippen LogP contribution in [-0.2, 0) is 19.2 Å². The maximum Gasteiger partial charge on any atom is 0.490 e. The lowest BCUT2D eigenvalue weighted by atomic mass is 10.00. The van der Waals surface area contributed by atoms with Crippen molar-refractivity contribution in [3.63, 3.8) is 0 Å². The van der Waals surface area contributed by atoms with Gasteiger partial charge in [0.2, 0.25) is 11.8 Å². The number of alkyl halides is 3. The number of carboxylic acids is 2. The van der Waals surface area contributed by atoms with E-state index in [-0.39, 0.29) is 36.4 Å². The van der Waals surface area contributed by atoms with Gasteiger partial charge in [0.15, 0.2) is 0 Å². The summed E-state index contributed by atoms with van der Waals surface area (Å²) in [6.07, 6.45) is -4.90. The number of carboxylic acid groups (broad SMARTS) is 2. The number of hydrogen-bond acceptors (Lipinski definition) is 7. The van der Waals surface area contributed by atoms with Gasteiger partial charge in [0.1, 0.15) is 6.04 Å². The SMILES string of the molecule is O=C(O)C(F)(F)F.O=C(O)CN1CC(C#Cc2ccc3c(c2)C(=O)N(C2CCC(=O)NC2=O)C3=O)C1. The van der Waals surface area contributed by atoms with Crippen molar-refractivity contribution in [2.45, 2.75) is 25.1 Å². The summed E-state index contributed by atoms with van der Waals surface area (Å²) < 4.78 is 31.7. The van der Waals surface area contributed by atoms with Gasteiger partial charge in [-0.2, -0.15) is 13.2 Å². The lowest BCUT2D eigenvalue weighted by molar-refractivity contribution is -0.192. The molecule has 3 N–H and O–H groups in total. The molecule has 3 heterocycles. The topological polar surface area (TPSA) is 161 Å². The number of nitrogens with one attached hydrogen (secondary N) is 1. The number of likely N-dealkylation sites (tertiary alicyclic amines) is 1. The number of fused-ring (bicyclic) bond motifs is 1. The van der Waals surface area contributed by atoms with Crippen LogP contribution in [0.1, 0.15) is 39.1 Å². The average Bonchev–Trinajstić information content (AvgIpc) is 2.99. The minimum Gasteiger partial charge on any atom is -0.480 e. The van der Waals surface area contributed by atoms with Crippen LogP contribution in [0.5, 0.6) is 0 Å². The summed E-state index contributed by atoms with van der Waals surface area (Å²) in [4.78, 5) is 71.0. The molecule has 4 rings (SSSR count). The van der Waals surface area contributed by atoms with E-state index in [4.69, 9.17) is 15.0 Å². The number of imide groups is 2. The number of amides is 4. The van der Waals surface area contributed by atoms with Gasteiger partial charge in [0.05, 0.1) is 17.7 Å². The number of carbonyl (C=O) groups is 6. The highest BCUT2D eigenvalue weighted by atomic mass is 19.4. The Labute approximate surface area is 200 Å². The second-order valence-electron chi connectivity index (χ2n) is 8.06. The molecule has 190 valence electrons. The Morgan fingerprint density at radius 2 is 1.67 bits per heavy atom. The van der Waals surface area contributed by atoms with E-state index in [0.29, 0.717) is 18.7 Å². The third-order valence-electron chi connectivity index (χ3n) is 5.42. The van der Waals surface area contributed by atoms with Gasteiger partial charge in [-0.3, -0.25) is 39.1 Å². The zero-order valence-electron chi connectivity index (χ0n) is 18.3. The molecule has 1 aromatic rings. The van der Waals surface area contributed by atoms with Crippen LogP contribution in [0.4, 0.5) is 13.2 Å². The molecule has 11 nitrogen and oxygen atoms in total. The molecule has 0 aromatic heterocycles. The van der Waals surface area contributed by atoms with E-state index in [2.05, 4.69) is 17.2 Å². The monoisotopic (exact) mass is 509 g/mol. The number of piperidine rings is 1. The largest absolute Gasteiger partial charge is 0.490 e. The highest BCUT2D eigenvalue weighted by Gasteiger charge is 2.44. The molecular weight excluding hydrogens is 491 g/mol. The first-order valence-electron chi connectivity index (χ1n) is 10.4. The lowest BCUT2D eigenvalue weighted by Crippen LogP contribution is -2.54. The number of halogens is 3. The van der Waals surface area contributed by atoms with E-state index in [1.807, 2.05) is 0 Å². The van der Waals surface area contributed by atoms with Gasteiger partial charge in [0, 0.05) is 31.0 Å². The Kier molecular flexibility index (Phi) is 7.44. The average molecular weight is 509 g/mol. The van der Waals surface area contributed by atoms with Gasteiger partial charge in [-0.1, -0.05) is 11.8 Å². The molecule has 0 aliphatic carbocycles. The van der Waals surface area contributed by atoms with Crippen molar-refractivity contribution < 1.29 is 52.2 Å². The summed E-state index contributed by atoms with van der Waals surface area (Å²) in [5.41, 5.74) is 0.959. The molecule has 2 fully saturated rings. The number of aliphatic carboxylic acids is 2. The van der Waals surface area contributed by atoms with Crippen molar-refractivity contribution in [2.24, 2.45) is 5.92 Å². The fourth-order valence-corrected chi connectivity index (χ4v) is 3.72. The van der Waals surface area contributed by atoms with Gasteiger partial charge < -0.3 is 10.2 Å². The molecule has 1 atom stereocenters. The summed E-state index contributed by atoms with van der Waals surface area (Å²) in [5.74, 6) is 0.245. The lowest BCUT2D eigenvalue weighted by Gasteiger charge is -2.34. The zero-order chi connectivity index (χ0) is 26.8. The highest BCUT2D eigenvalue weighted by Crippen LogP contribution is 2.28. The smallest absolute Gasteiger partial charge is 0.480 e. The molecule has 1 aromatic carbocycles. The third kappa shape index (κ3) is 5.87. The Bertz CT molecular complexity index is 1210. The third-order valence-corrected chi connectivity index (χ3v) is 5.42. The number of nitrogens with zero attached hydrogens (tertiary/aromatic N) is 2. The first-order chi connectivity index (χ1) is 16.8. The first kappa shape index (κ1) is 26.4. The Morgan fingerprint density at radius 3 is 2.22 bits per heavy atom. The molecule has 3 aliphatic rings. The van der Waals surface area contributed by atoms with Crippen LogP contribution in [0.25, 0.3) is 0 Å². The molecule has 36 heavy (non-hydrogen) atoms. The van der Waals surface area contributed by atoms with Crippen molar-refractivity contribution in [2.75, 3.05) is 19.6 Å². The van der Waals surface area contributed by atoms with Crippen LogP contribution < -0.4 is 5.32 Å². The predicted molar refractivity (Wildman–Crippen MR) is 111 cm³/mol. The summed E-state index contributed by atoms with van der Waals surface area (Å²) in [5, 5.41) is 18.0. The predicted octanol–water partition coefficient (Wildman–Crippen LogP) is 0.0890. The van der Waals surface area contributed by atoms with Gasteiger partial charge in [-0.15, -0.1) is 0 Å². The van der Waals surface area contributed by atoms with Gasteiger partial charge in [-0.05, 0) is 24.6 Å². The van der Waals surface area contributed by atoms with E-state index >= 15 is 0 Å². The fourth-order valence-electron chi connectivity index (χ4n) is 3.72. The first-order valence-corrected chi connectivity index (χ1v) is 10.4. The zero-order valence-corrected chi connectivity index (χ0v) is 18.3. The van der Waals surface area contributed by atoms with Crippen LogP contribution in [0.2, 0.25) is 0 Å². The number of benzene rings is 1. The fraction of sp³-hybridized carbons (Fsp3) is 0.364. The van der Waals surface area contributed by atoms with Gasteiger partial charge in [0.25, 0.3) is 11.8 Å². The van der Waals surface area contributed by atoms with E-state index in [9.17, 15) is 37.1 Å². The number of carbonyl (C=O) groups excluding carboxylic acids is 4. The van der Waals surface area contributed by atoms with E-state index in [1.165, 1.54) is 12.1 Å². The summed E-state index contributed by atoms with van der Waals surface area (Å²) in [6, 6.07) is 3.69. The Morgan fingerprint density at radius 1 is 1.06 bits per heavy atom. The van der Waals surface area contributed by atoms with E-state index in [0.717, 1.165) is 4.90 Å². The van der Waals surface area contributed by atoms with Gasteiger partial charge in [-0.25, -0.2) is 4.79 Å². The van der Waals surface area contributed by atoms with Crippen molar-refractivity contribution in [1.29, 1.82) is 0 Å². The van der Waals surface area contributed by atoms with Crippen LogP contribution in [0, 0.1) is 17.8 Å². The van der Waals surface area contributed by atoms with Crippen LogP contribution in [0.3, 0.4) is 0 Å². The minimum atomic E-state index is -5.08. The minimum absolute atomic E-state index is 0.0101. The second-order valence-corrected chi connectivity index (χ2v) is 8.06. The molecule has 0 radical (unpaired) electrons. The van der Waals surface area contributed by atoms with Crippen molar-refractivity contribution in [3.8, 4) is 11.8 Å². The van der Waals surface area contributed by atoms with E-state index < -0.39 is 47.8 Å². The summed E-state index contributed by atoms with van der Waals surface area (Å²) >= 11 is 0. The quantitative estimate of drug-likeness (QED) is 0.379. The maximum absolute atomic E-state index is 12.8. The van der Waals surface area contributed by atoms with Crippen molar-refractivity contribution in [1.82, 2.24) is 15.1 Å². The molecule has 14 heteroatoms. The van der Waals surface area contributed by atoms with Crippen LogP contribution >= 0.6 is 0 Å². The van der Waals surface area contributed by atoms with Crippen molar-refractivity contribution in [3.05, 3.63) is 34.9 Å². The molecule has 1 unspecified atom stereocenters. The van der Waals surface area contributed by atoms with Crippen molar-refractivity contribution >= 4 is 35.6 Å².